The smallest absolute Gasteiger partial charge is 0.211 e. The second kappa shape index (κ2) is 10.4. The monoisotopic (exact) mass is 392 g/mol. The van der Waals surface area contributed by atoms with Gasteiger partial charge in [0.05, 0.1) is 23.5 Å². The van der Waals surface area contributed by atoms with Gasteiger partial charge >= 0.3 is 0 Å². The van der Waals surface area contributed by atoms with Crippen LogP contribution in [0.2, 0.25) is 0 Å². The van der Waals surface area contributed by atoms with E-state index in [9.17, 15) is 25.2 Å². The molecule has 0 spiro atoms. The predicted molar refractivity (Wildman–Crippen MR) is 105 cm³/mol. The number of unbranched alkanes of at least 4 members (excludes halogenated alkanes) is 1. The molecular formula is C20H28N2O6. The molecule has 6 N–H and O–H groups in total. The molecule has 1 aliphatic heterocycles. The van der Waals surface area contributed by atoms with E-state index in [-0.39, 0.29) is 0 Å². The Hall–Kier alpha value is -2.15. The van der Waals surface area contributed by atoms with Crippen LogP contribution in [-0.2, 0) is 16.0 Å². The first-order valence-electron chi connectivity index (χ1n) is 9.33. The molecule has 1 aliphatic rings. The lowest BCUT2D eigenvalue weighted by molar-refractivity contribution is -0.214. The van der Waals surface area contributed by atoms with Crippen LogP contribution < -0.4 is 10.6 Å². The van der Waals surface area contributed by atoms with Crippen LogP contribution in [0.25, 0.3) is 0 Å². The van der Waals surface area contributed by atoms with E-state index in [0.29, 0.717) is 23.3 Å². The molecule has 0 aromatic heterocycles. The second-order valence-corrected chi connectivity index (χ2v) is 6.70. The zero-order valence-electron chi connectivity index (χ0n) is 16.1. The van der Waals surface area contributed by atoms with Gasteiger partial charge in [-0.2, -0.15) is 0 Å². The van der Waals surface area contributed by atoms with Gasteiger partial charge < -0.3 is 35.8 Å². The number of aliphatic hydroxyl groups excluding tert-OH is 4. The van der Waals surface area contributed by atoms with Gasteiger partial charge in [-0.15, -0.1) is 0 Å². The van der Waals surface area contributed by atoms with E-state index in [1.807, 2.05) is 12.1 Å². The third-order valence-corrected chi connectivity index (χ3v) is 4.73. The van der Waals surface area contributed by atoms with Crippen LogP contribution in [0.4, 0.5) is 11.4 Å². The summed E-state index contributed by atoms with van der Waals surface area (Å²) in [5, 5.41) is 44.9. The number of aryl methyl sites for hydroxylation is 1. The van der Waals surface area contributed by atoms with E-state index in [4.69, 9.17) is 4.74 Å². The summed E-state index contributed by atoms with van der Waals surface area (Å²) in [4.78, 5) is 11.0. The third-order valence-electron chi connectivity index (χ3n) is 4.73. The molecule has 1 heterocycles. The number of benzene rings is 1. The molecular weight excluding hydrogens is 364 g/mol. The minimum absolute atomic E-state index is 0.495. The van der Waals surface area contributed by atoms with Crippen molar-refractivity contribution in [2.45, 2.75) is 56.7 Å². The minimum Gasteiger partial charge on any atom is -0.394 e. The van der Waals surface area contributed by atoms with Crippen molar-refractivity contribution >= 4 is 17.8 Å². The third kappa shape index (κ3) is 5.01. The molecule has 28 heavy (non-hydrogen) atoms. The van der Waals surface area contributed by atoms with Gasteiger partial charge in [-0.1, -0.05) is 25.2 Å². The lowest BCUT2D eigenvalue weighted by Crippen LogP contribution is -2.58. The zero-order chi connectivity index (χ0) is 20.7. The van der Waals surface area contributed by atoms with Crippen molar-refractivity contribution in [2.24, 2.45) is 0 Å². The standard InChI is InChI=1S/C20H28N2O6/c1-3-4-5-12-8-13(17(22-11-24)14(9-12)21-2)6-7-15-18(25)20(27)19(26)16(10-23)28-15/h8-9,11,15-16,18-21,23,25-27H,3-5,10H2,1-2H3,(H,22,24)/t15?,16?,18?,19-,20?/m1/s1. The molecule has 0 bridgehead atoms. The molecule has 154 valence electrons. The fourth-order valence-corrected chi connectivity index (χ4v) is 3.11. The Morgan fingerprint density at radius 2 is 1.96 bits per heavy atom. The quantitative estimate of drug-likeness (QED) is 0.281. The van der Waals surface area contributed by atoms with Crippen molar-refractivity contribution in [1.82, 2.24) is 0 Å². The molecule has 5 atom stereocenters. The van der Waals surface area contributed by atoms with E-state index < -0.39 is 37.1 Å². The molecule has 1 aromatic rings. The number of aliphatic hydroxyl groups is 4. The van der Waals surface area contributed by atoms with E-state index >= 15 is 0 Å². The van der Waals surface area contributed by atoms with Crippen molar-refractivity contribution in [3.8, 4) is 11.8 Å². The summed E-state index contributed by atoms with van der Waals surface area (Å²) < 4.78 is 5.41. The predicted octanol–water partition coefficient (Wildman–Crippen LogP) is -0.167. The van der Waals surface area contributed by atoms with Crippen LogP contribution in [0.5, 0.6) is 0 Å². The Bertz CT molecular complexity index is 727. The lowest BCUT2D eigenvalue weighted by atomic mass is 9.95. The molecule has 1 saturated heterocycles. The first kappa shape index (κ1) is 22.1. The molecule has 0 radical (unpaired) electrons. The first-order valence-corrected chi connectivity index (χ1v) is 9.33. The highest BCUT2D eigenvalue weighted by atomic mass is 16.5. The fourth-order valence-electron chi connectivity index (χ4n) is 3.11. The van der Waals surface area contributed by atoms with Gasteiger partial charge in [-0.3, -0.25) is 4.79 Å². The minimum atomic E-state index is -1.48. The maximum Gasteiger partial charge on any atom is 0.211 e. The number of rotatable bonds is 7. The van der Waals surface area contributed by atoms with E-state index in [2.05, 4.69) is 29.4 Å². The molecule has 8 heteroatoms. The van der Waals surface area contributed by atoms with Crippen LogP contribution in [0.3, 0.4) is 0 Å². The maximum atomic E-state index is 11.0. The van der Waals surface area contributed by atoms with Crippen LogP contribution in [0.15, 0.2) is 12.1 Å². The normalized spacial score (nSPS) is 26.9. The molecule has 4 unspecified atom stereocenters. The van der Waals surface area contributed by atoms with Crippen molar-refractivity contribution in [3.05, 3.63) is 23.3 Å². The number of carbonyl (C=O) groups is 1. The number of hydrogen-bond donors (Lipinski definition) is 6. The second-order valence-electron chi connectivity index (χ2n) is 6.70. The SMILES string of the molecule is CCCCc1cc(C#CC2OC(CO)[C@@H](O)C(O)C2O)c(NC=O)c(NC)c1. The maximum absolute atomic E-state index is 11.0. The van der Waals surface area contributed by atoms with Gasteiger partial charge in [0, 0.05) is 7.05 Å². The Morgan fingerprint density at radius 1 is 1.21 bits per heavy atom. The Balaban J connectivity index is 2.39. The van der Waals surface area contributed by atoms with Gasteiger partial charge in [0.2, 0.25) is 6.41 Å². The topological polar surface area (TPSA) is 131 Å². The van der Waals surface area contributed by atoms with Crippen molar-refractivity contribution in [2.75, 3.05) is 24.3 Å². The number of anilines is 2. The highest BCUT2D eigenvalue weighted by Crippen LogP contribution is 2.28. The van der Waals surface area contributed by atoms with Crippen molar-refractivity contribution in [3.63, 3.8) is 0 Å². The average Bonchev–Trinajstić information content (AvgIpc) is 2.71. The van der Waals surface area contributed by atoms with Gasteiger partial charge in [0.1, 0.15) is 30.5 Å². The van der Waals surface area contributed by atoms with Crippen LogP contribution >= 0.6 is 0 Å². The molecule has 0 aliphatic carbocycles. The molecule has 2 rings (SSSR count). The Morgan fingerprint density at radius 3 is 2.57 bits per heavy atom. The largest absolute Gasteiger partial charge is 0.394 e. The molecule has 1 aromatic carbocycles. The number of ether oxygens (including phenoxy) is 1. The van der Waals surface area contributed by atoms with Gasteiger partial charge in [-0.05, 0) is 30.5 Å². The van der Waals surface area contributed by atoms with Gasteiger partial charge in [-0.25, -0.2) is 0 Å². The number of hydrogen-bond acceptors (Lipinski definition) is 7. The summed E-state index contributed by atoms with van der Waals surface area (Å²) in [6, 6.07) is 3.81. The molecule has 0 saturated carbocycles. The summed E-state index contributed by atoms with van der Waals surface area (Å²) in [7, 11) is 1.74. The Labute approximate surface area is 164 Å². The summed E-state index contributed by atoms with van der Waals surface area (Å²) in [6.45, 7) is 1.58. The highest BCUT2D eigenvalue weighted by molar-refractivity contribution is 5.86. The molecule has 1 amide bonds. The molecule has 1 fully saturated rings. The van der Waals surface area contributed by atoms with E-state index in [1.165, 1.54) is 0 Å². The van der Waals surface area contributed by atoms with Crippen molar-refractivity contribution in [1.29, 1.82) is 0 Å². The van der Waals surface area contributed by atoms with Crippen molar-refractivity contribution < 1.29 is 30.0 Å². The first-order chi connectivity index (χ1) is 13.5. The summed E-state index contributed by atoms with van der Waals surface area (Å²) in [5.74, 6) is 5.65. The van der Waals surface area contributed by atoms with Crippen LogP contribution in [0, 0.1) is 11.8 Å². The van der Waals surface area contributed by atoms with Gasteiger partial charge in [0.15, 0.2) is 0 Å². The van der Waals surface area contributed by atoms with Crippen LogP contribution in [-0.4, -0.2) is 71.0 Å². The Kier molecular flexibility index (Phi) is 8.23. The summed E-state index contributed by atoms with van der Waals surface area (Å²) >= 11 is 0. The number of amides is 1. The fraction of sp³-hybridized carbons (Fsp3) is 0.550. The van der Waals surface area contributed by atoms with Crippen LogP contribution in [0.1, 0.15) is 30.9 Å². The lowest BCUT2D eigenvalue weighted by Gasteiger charge is -2.37. The van der Waals surface area contributed by atoms with E-state index in [1.54, 1.807) is 7.05 Å². The number of nitrogens with one attached hydrogen (secondary N) is 2. The highest BCUT2D eigenvalue weighted by Gasteiger charge is 2.42. The van der Waals surface area contributed by atoms with E-state index in [0.717, 1.165) is 24.8 Å². The zero-order valence-corrected chi connectivity index (χ0v) is 16.1. The van der Waals surface area contributed by atoms with Gasteiger partial charge in [0.25, 0.3) is 0 Å². The average molecular weight is 392 g/mol. The number of carbonyl (C=O) groups excluding carboxylic acids is 1. The summed E-state index contributed by atoms with van der Waals surface area (Å²) in [5.41, 5.74) is 2.77. The summed E-state index contributed by atoms with van der Waals surface area (Å²) in [6.07, 6.45) is -3.02. The molecule has 8 nitrogen and oxygen atoms in total.